The minimum atomic E-state index is -0.161. The molecule has 0 bridgehead atoms. The van der Waals surface area contributed by atoms with Crippen molar-refractivity contribution in [1.82, 2.24) is 4.90 Å². The highest BCUT2D eigenvalue weighted by molar-refractivity contribution is 6.31. The van der Waals surface area contributed by atoms with Gasteiger partial charge in [-0.25, -0.2) is 0 Å². The maximum Gasteiger partial charge on any atom is 0.238 e. The molecule has 6 nitrogen and oxygen atoms in total. The van der Waals surface area contributed by atoms with Crippen molar-refractivity contribution in [1.29, 1.82) is 0 Å². The van der Waals surface area contributed by atoms with Crippen LogP contribution >= 0.6 is 11.6 Å². The maximum atomic E-state index is 12.8. The van der Waals surface area contributed by atoms with Gasteiger partial charge in [-0.15, -0.1) is 0 Å². The standard InChI is InChI=1S/C28H30ClN3O3/c1-19-8-9-20(2)24(16-19)30-28(34)18-32(22-11-12-22)15-14-27(33)31-25-17-21(29)10-13-26(25)35-23-6-4-3-5-7-23/h3-10,13,16-17,22H,11-12,14-15,18H2,1-2H3,(H,30,34)(H,31,33). The van der Waals surface area contributed by atoms with Gasteiger partial charge in [0, 0.05) is 29.7 Å². The lowest BCUT2D eigenvalue weighted by Crippen LogP contribution is -2.37. The number of carbonyl (C=O) groups is 2. The van der Waals surface area contributed by atoms with E-state index in [9.17, 15) is 9.59 Å². The Balaban J connectivity index is 1.34. The van der Waals surface area contributed by atoms with E-state index in [0.29, 0.717) is 34.8 Å². The molecule has 182 valence electrons. The molecule has 3 aromatic carbocycles. The number of benzene rings is 3. The van der Waals surface area contributed by atoms with E-state index >= 15 is 0 Å². The summed E-state index contributed by atoms with van der Waals surface area (Å²) in [5, 5.41) is 6.44. The van der Waals surface area contributed by atoms with Crippen molar-refractivity contribution in [3.8, 4) is 11.5 Å². The topological polar surface area (TPSA) is 70.7 Å². The highest BCUT2D eigenvalue weighted by Crippen LogP contribution is 2.32. The third-order valence-corrected chi connectivity index (χ3v) is 6.13. The van der Waals surface area contributed by atoms with Crippen LogP contribution in [0.2, 0.25) is 5.02 Å². The van der Waals surface area contributed by atoms with Crippen LogP contribution in [0.3, 0.4) is 0 Å². The first-order chi connectivity index (χ1) is 16.9. The smallest absolute Gasteiger partial charge is 0.238 e. The van der Waals surface area contributed by atoms with Gasteiger partial charge in [0.2, 0.25) is 11.8 Å². The Morgan fingerprint density at radius 2 is 1.69 bits per heavy atom. The molecule has 0 radical (unpaired) electrons. The van der Waals surface area contributed by atoms with Crippen LogP contribution in [-0.4, -0.2) is 35.8 Å². The van der Waals surface area contributed by atoms with Gasteiger partial charge in [0.1, 0.15) is 5.75 Å². The van der Waals surface area contributed by atoms with Crippen LogP contribution in [0.15, 0.2) is 66.7 Å². The second kappa shape index (κ2) is 11.4. The van der Waals surface area contributed by atoms with Gasteiger partial charge in [-0.1, -0.05) is 41.9 Å². The molecule has 0 heterocycles. The normalized spacial score (nSPS) is 12.9. The SMILES string of the molecule is Cc1ccc(C)c(NC(=O)CN(CCC(=O)Nc2cc(Cl)ccc2Oc2ccccc2)C2CC2)c1. The first-order valence-corrected chi connectivity index (χ1v) is 12.2. The van der Waals surface area contributed by atoms with Gasteiger partial charge in [0.25, 0.3) is 0 Å². The summed E-state index contributed by atoms with van der Waals surface area (Å²) in [6.07, 6.45) is 2.34. The van der Waals surface area contributed by atoms with Crippen molar-refractivity contribution in [2.75, 3.05) is 23.7 Å². The number of hydrogen-bond acceptors (Lipinski definition) is 4. The molecule has 0 atom stereocenters. The van der Waals surface area contributed by atoms with Crippen LogP contribution in [0, 0.1) is 13.8 Å². The maximum absolute atomic E-state index is 12.8. The summed E-state index contributed by atoms with van der Waals surface area (Å²) in [4.78, 5) is 27.6. The number of nitrogens with one attached hydrogen (secondary N) is 2. The predicted molar refractivity (Wildman–Crippen MR) is 140 cm³/mol. The average Bonchev–Trinajstić information content (AvgIpc) is 3.67. The molecule has 0 aromatic heterocycles. The zero-order valence-electron chi connectivity index (χ0n) is 20.0. The minimum Gasteiger partial charge on any atom is -0.455 e. The van der Waals surface area contributed by atoms with Gasteiger partial charge in [-0.05, 0) is 74.2 Å². The molecule has 1 aliphatic carbocycles. The minimum absolute atomic E-state index is 0.0700. The molecule has 1 aliphatic rings. The summed E-state index contributed by atoms with van der Waals surface area (Å²) in [6, 6.07) is 20.8. The van der Waals surface area contributed by atoms with E-state index in [2.05, 4.69) is 15.5 Å². The quantitative estimate of drug-likeness (QED) is 0.355. The number of carbonyl (C=O) groups excluding carboxylic acids is 2. The number of halogens is 1. The van der Waals surface area contributed by atoms with Crippen molar-refractivity contribution < 1.29 is 14.3 Å². The number of hydrogen-bond donors (Lipinski definition) is 2. The van der Waals surface area contributed by atoms with E-state index in [0.717, 1.165) is 29.7 Å². The molecule has 2 N–H and O–H groups in total. The highest BCUT2D eigenvalue weighted by Gasteiger charge is 2.30. The van der Waals surface area contributed by atoms with Gasteiger partial charge in [0.15, 0.2) is 5.75 Å². The van der Waals surface area contributed by atoms with Crippen molar-refractivity contribution >= 4 is 34.8 Å². The third-order valence-electron chi connectivity index (χ3n) is 5.89. The summed E-state index contributed by atoms with van der Waals surface area (Å²) in [5.41, 5.74) is 3.46. The molecule has 7 heteroatoms. The van der Waals surface area contributed by atoms with E-state index < -0.39 is 0 Å². The Bertz CT molecular complexity index is 1200. The molecule has 2 amide bonds. The number of ether oxygens (including phenoxy) is 1. The Labute approximate surface area is 211 Å². The molecule has 0 saturated heterocycles. The number of rotatable bonds is 10. The summed E-state index contributed by atoms with van der Waals surface area (Å²) in [6.45, 7) is 4.72. The zero-order chi connectivity index (χ0) is 24.8. The number of aryl methyl sites for hydroxylation is 2. The van der Waals surface area contributed by atoms with Crippen LogP contribution in [0.25, 0.3) is 0 Å². The number of para-hydroxylation sites is 1. The second-order valence-corrected chi connectivity index (χ2v) is 9.36. The summed E-state index contributed by atoms with van der Waals surface area (Å²) in [5.74, 6) is 0.950. The van der Waals surface area contributed by atoms with Crippen molar-refractivity contribution in [3.05, 3.63) is 82.9 Å². The molecule has 0 unspecified atom stereocenters. The van der Waals surface area contributed by atoms with Gasteiger partial charge in [-0.2, -0.15) is 0 Å². The van der Waals surface area contributed by atoms with Crippen LogP contribution in [0.1, 0.15) is 30.4 Å². The first kappa shape index (κ1) is 24.8. The number of amides is 2. The number of anilines is 2. The van der Waals surface area contributed by atoms with Gasteiger partial charge < -0.3 is 15.4 Å². The van der Waals surface area contributed by atoms with E-state index in [1.165, 1.54) is 0 Å². The molecule has 1 fully saturated rings. The molecule has 0 spiro atoms. The Hall–Kier alpha value is -3.35. The monoisotopic (exact) mass is 491 g/mol. The molecule has 0 aliphatic heterocycles. The van der Waals surface area contributed by atoms with E-state index in [4.69, 9.17) is 16.3 Å². The van der Waals surface area contributed by atoms with E-state index in [-0.39, 0.29) is 24.8 Å². The average molecular weight is 492 g/mol. The lowest BCUT2D eigenvalue weighted by molar-refractivity contribution is -0.119. The highest BCUT2D eigenvalue weighted by atomic mass is 35.5. The fraction of sp³-hybridized carbons (Fsp3) is 0.286. The van der Waals surface area contributed by atoms with Crippen LogP contribution in [0.4, 0.5) is 11.4 Å². The zero-order valence-corrected chi connectivity index (χ0v) is 20.8. The molecular weight excluding hydrogens is 462 g/mol. The lowest BCUT2D eigenvalue weighted by atomic mass is 10.1. The Kier molecular flexibility index (Phi) is 8.06. The summed E-state index contributed by atoms with van der Waals surface area (Å²) < 4.78 is 5.93. The summed E-state index contributed by atoms with van der Waals surface area (Å²) in [7, 11) is 0. The van der Waals surface area contributed by atoms with Crippen LogP contribution in [-0.2, 0) is 9.59 Å². The molecule has 3 aromatic rings. The Morgan fingerprint density at radius 3 is 2.43 bits per heavy atom. The molecular formula is C28H30ClN3O3. The third kappa shape index (κ3) is 7.31. The van der Waals surface area contributed by atoms with E-state index in [1.807, 2.05) is 62.4 Å². The van der Waals surface area contributed by atoms with Crippen LogP contribution < -0.4 is 15.4 Å². The molecule has 35 heavy (non-hydrogen) atoms. The van der Waals surface area contributed by atoms with E-state index in [1.54, 1.807) is 18.2 Å². The van der Waals surface area contributed by atoms with Crippen molar-refractivity contribution in [2.45, 2.75) is 39.2 Å². The lowest BCUT2D eigenvalue weighted by Gasteiger charge is -2.21. The number of nitrogens with zero attached hydrogens (tertiary/aromatic N) is 1. The van der Waals surface area contributed by atoms with Crippen LogP contribution in [0.5, 0.6) is 11.5 Å². The first-order valence-electron chi connectivity index (χ1n) is 11.8. The largest absolute Gasteiger partial charge is 0.455 e. The molecule has 4 rings (SSSR count). The van der Waals surface area contributed by atoms with Gasteiger partial charge in [0.05, 0.1) is 12.2 Å². The Morgan fingerprint density at radius 1 is 0.943 bits per heavy atom. The van der Waals surface area contributed by atoms with Gasteiger partial charge in [-0.3, -0.25) is 14.5 Å². The summed E-state index contributed by atoms with van der Waals surface area (Å²) >= 11 is 6.17. The predicted octanol–water partition coefficient (Wildman–Crippen LogP) is 6.18. The van der Waals surface area contributed by atoms with Crippen molar-refractivity contribution in [2.24, 2.45) is 0 Å². The fourth-order valence-electron chi connectivity index (χ4n) is 3.84. The van der Waals surface area contributed by atoms with Crippen molar-refractivity contribution in [3.63, 3.8) is 0 Å². The van der Waals surface area contributed by atoms with Gasteiger partial charge >= 0.3 is 0 Å². The fourth-order valence-corrected chi connectivity index (χ4v) is 4.01. The molecule has 1 saturated carbocycles. The second-order valence-electron chi connectivity index (χ2n) is 8.92.